The Labute approximate surface area is 158 Å². The quantitative estimate of drug-likeness (QED) is 0.746. The van der Waals surface area contributed by atoms with E-state index in [1.54, 1.807) is 6.07 Å². The van der Waals surface area contributed by atoms with Crippen molar-refractivity contribution in [2.75, 3.05) is 13.1 Å². The molecule has 4 heterocycles. The van der Waals surface area contributed by atoms with E-state index in [-0.39, 0.29) is 29.2 Å². The van der Waals surface area contributed by atoms with E-state index in [0.29, 0.717) is 11.1 Å². The third-order valence-electron chi connectivity index (χ3n) is 5.01. The van der Waals surface area contributed by atoms with Crippen molar-refractivity contribution in [3.8, 4) is 0 Å². The molecule has 0 amide bonds. The minimum atomic E-state index is -4.60. The monoisotopic (exact) mass is 389 g/mol. The molecule has 0 atom stereocenters. The first-order valence-electron chi connectivity index (χ1n) is 9.01. The van der Waals surface area contributed by atoms with E-state index >= 15 is 0 Å². The maximum atomic E-state index is 13.4. The molecular formula is C19H18F3N5O. The molecule has 0 radical (unpaired) electrons. The van der Waals surface area contributed by atoms with Crippen LogP contribution in [0.2, 0.25) is 0 Å². The summed E-state index contributed by atoms with van der Waals surface area (Å²) in [6.07, 6.45) is 1.02. The SMILES string of the molecule is O=c1c(C2CCNCC2)cc2nccnc2n1Cc1cccnc1C(F)(F)F. The van der Waals surface area contributed by atoms with Gasteiger partial charge in [-0.3, -0.25) is 19.3 Å². The first-order valence-corrected chi connectivity index (χ1v) is 9.01. The highest BCUT2D eigenvalue weighted by atomic mass is 19.4. The van der Waals surface area contributed by atoms with Gasteiger partial charge in [-0.1, -0.05) is 6.07 Å². The summed E-state index contributed by atoms with van der Waals surface area (Å²) in [6, 6.07) is 4.49. The molecule has 1 aliphatic rings. The maximum absolute atomic E-state index is 13.4. The molecule has 3 aromatic rings. The summed E-state index contributed by atoms with van der Waals surface area (Å²) in [5, 5.41) is 3.25. The minimum absolute atomic E-state index is 0.0439. The van der Waals surface area contributed by atoms with Crippen LogP contribution in [0.5, 0.6) is 0 Å². The standard InChI is InChI=1S/C19H18F3N5O/c20-19(21,22)16-13(2-1-5-25-16)11-27-17-15(24-8-9-26-17)10-14(18(27)28)12-3-6-23-7-4-12/h1-2,5,8-10,12,23H,3-4,6-7,11H2. The van der Waals surface area contributed by atoms with Gasteiger partial charge in [-0.25, -0.2) is 4.98 Å². The average molecular weight is 389 g/mol. The van der Waals surface area contributed by atoms with Crippen molar-refractivity contribution in [3.05, 3.63) is 64.0 Å². The molecule has 0 unspecified atom stereocenters. The van der Waals surface area contributed by atoms with Crippen LogP contribution in [-0.2, 0) is 12.7 Å². The van der Waals surface area contributed by atoms with Gasteiger partial charge in [0.15, 0.2) is 5.65 Å². The van der Waals surface area contributed by atoms with Crippen molar-refractivity contribution >= 4 is 11.2 Å². The normalized spacial score (nSPS) is 15.8. The van der Waals surface area contributed by atoms with Crippen LogP contribution in [0, 0.1) is 0 Å². The van der Waals surface area contributed by atoms with E-state index < -0.39 is 11.9 Å². The molecule has 4 rings (SSSR count). The Morgan fingerprint density at radius 1 is 1.11 bits per heavy atom. The molecule has 1 fully saturated rings. The summed E-state index contributed by atoms with van der Waals surface area (Å²) in [4.78, 5) is 25.2. The van der Waals surface area contributed by atoms with E-state index in [1.165, 1.54) is 29.1 Å². The molecule has 1 saturated heterocycles. The van der Waals surface area contributed by atoms with Gasteiger partial charge in [0.05, 0.1) is 6.54 Å². The van der Waals surface area contributed by atoms with Gasteiger partial charge in [-0.2, -0.15) is 13.2 Å². The second-order valence-electron chi connectivity index (χ2n) is 6.79. The lowest BCUT2D eigenvalue weighted by molar-refractivity contribution is -0.141. The van der Waals surface area contributed by atoms with Crippen molar-refractivity contribution in [1.82, 2.24) is 24.8 Å². The number of hydrogen-bond donors (Lipinski definition) is 1. The van der Waals surface area contributed by atoms with Gasteiger partial charge in [0, 0.05) is 29.7 Å². The highest BCUT2D eigenvalue weighted by molar-refractivity contribution is 5.70. The summed E-state index contributed by atoms with van der Waals surface area (Å²) in [5.41, 5.74) is -0.0585. The van der Waals surface area contributed by atoms with Crippen molar-refractivity contribution in [3.63, 3.8) is 0 Å². The molecule has 0 aromatic carbocycles. The molecule has 9 heteroatoms. The van der Waals surface area contributed by atoms with Crippen LogP contribution in [0.3, 0.4) is 0 Å². The molecule has 28 heavy (non-hydrogen) atoms. The van der Waals surface area contributed by atoms with Crippen LogP contribution < -0.4 is 10.9 Å². The van der Waals surface area contributed by atoms with Gasteiger partial charge < -0.3 is 5.32 Å². The number of nitrogens with one attached hydrogen (secondary N) is 1. The summed E-state index contributed by atoms with van der Waals surface area (Å²) < 4.78 is 41.3. The topological polar surface area (TPSA) is 72.7 Å². The molecule has 6 nitrogen and oxygen atoms in total. The molecule has 1 aliphatic heterocycles. The number of nitrogens with zero attached hydrogens (tertiary/aromatic N) is 4. The lowest BCUT2D eigenvalue weighted by atomic mass is 9.91. The Morgan fingerprint density at radius 2 is 1.86 bits per heavy atom. The zero-order valence-electron chi connectivity index (χ0n) is 14.9. The zero-order chi connectivity index (χ0) is 19.7. The number of pyridine rings is 2. The Kier molecular flexibility index (Phi) is 4.84. The lowest BCUT2D eigenvalue weighted by Gasteiger charge is -2.23. The smallest absolute Gasteiger partial charge is 0.317 e. The number of piperidine rings is 1. The van der Waals surface area contributed by atoms with Crippen molar-refractivity contribution in [2.45, 2.75) is 31.5 Å². The minimum Gasteiger partial charge on any atom is -0.317 e. The van der Waals surface area contributed by atoms with Crippen molar-refractivity contribution in [2.24, 2.45) is 0 Å². The second kappa shape index (κ2) is 7.31. The van der Waals surface area contributed by atoms with Crippen LogP contribution in [0.1, 0.15) is 35.6 Å². The van der Waals surface area contributed by atoms with Crippen LogP contribution in [0.4, 0.5) is 13.2 Å². The fourth-order valence-electron chi connectivity index (χ4n) is 3.68. The molecule has 0 spiro atoms. The number of halogens is 3. The second-order valence-corrected chi connectivity index (χ2v) is 6.79. The van der Waals surface area contributed by atoms with Gasteiger partial charge >= 0.3 is 6.18 Å². The number of aromatic nitrogens is 4. The summed E-state index contributed by atoms with van der Waals surface area (Å²) >= 11 is 0. The molecule has 146 valence electrons. The average Bonchev–Trinajstić information content (AvgIpc) is 2.70. The van der Waals surface area contributed by atoms with Crippen molar-refractivity contribution in [1.29, 1.82) is 0 Å². The van der Waals surface area contributed by atoms with Gasteiger partial charge in [0.1, 0.15) is 11.2 Å². The van der Waals surface area contributed by atoms with Gasteiger partial charge in [-0.05, 0) is 44.0 Å². The van der Waals surface area contributed by atoms with Gasteiger partial charge in [0.25, 0.3) is 5.56 Å². The Balaban J connectivity index is 1.87. The fraction of sp³-hybridized carbons (Fsp3) is 0.368. The van der Waals surface area contributed by atoms with Crippen LogP contribution in [0.15, 0.2) is 41.6 Å². The number of rotatable bonds is 3. The maximum Gasteiger partial charge on any atom is 0.433 e. The lowest BCUT2D eigenvalue weighted by Crippen LogP contribution is -2.33. The van der Waals surface area contributed by atoms with E-state index in [4.69, 9.17) is 0 Å². The summed E-state index contributed by atoms with van der Waals surface area (Å²) in [7, 11) is 0. The van der Waals surface area contributed by atoms with E-state index in [0.717, 1.165) is 32.1 Å². The predicted octanol–water partition coefficient (Wildman–Crippen LogP) is 2.72. The molecule has 0 saturated carbocycles. The van der Waals surface area contributed by atoms with Crippen molar-refractivity contribution < 1.29 is 13.2 Å². The van der Waals surface area contributed by atoms with Crippen LogP contribution in [-0.4, -0.2) is 32.6 Å². The Morgan fingerprint density at radius 3 is 2.61 bits per heavy atom. The Bertz CT molecular complexity index is 1060. The molecular weight excluding hydrogens is 371 g/mol. The fourth-order valence-corrected chi connectivity index (χ4v) is 3.68. The molecule has 3 aromatic heterocycles. The third kappa shape index (κ3) is 3.49. The largest absolute Gasteiger partial charge is 0.433 e. The van der Waals surface area contributed by atoms with Crippen LogP contribution >= 0.6 is 0 Å². The number of fused-ring (bicyclic) bond motifs is 1. The van der Waals surface area contributed by atoms with E-state index in [1.807, 2.05) is 0 Å². The first kappa shape index (κ1) is 18.5. The molecule has 0 bridgehead atoms. The van der Waals surface area contributed by atoms with E-state index in [2.05, 4.69) is 20.3 Å². The highest BCUT2D eigenvalue weighted by Gasteiger charge is 2.35. The first-order chi connectivity index (χ1) is 13.4. The molecule has 1 N–H and O–H groups in total. The summed E-state index contributed by atoms with van der Waals surface area (Å²) in [6.45, 7) is 1.32. The predicted molar refractivity (Wildman–Crippen MR) is 97.0 cm³/mol. The zero-order valence-corrected chi connectivity index (χ0v) is 14.9. The third-order valence-corrected chi connectivity index (χ3v) is 5.01. The highest BCUT2D eigenvalue weighted by Crippen LogP contribution is 2.31. The van der Waals surface area contributed by atoms with Gasteiger partial charge in [-0.15, -0.1) is 0 Å². The number of alkyl halides is 3. The molecule has 0 aliphatic carbocycles. The van der Waals surface area contributed by atoms with Crippen LogP contribution in [0.25, 0.3) is 11.2 Å². The van der Waals surface area contributed by atoms with Gasteiger partial charge in [0.2, 0.25) is 0 Å². The summed E-state index contributed by atoms with van der Waals surface area (Å²) in [5.74, 6) is 0.0439. The Hall–Kier alpha value is -2.81. The van der Waals surface area contributed by atoms with E-state index in [9.17, 15) is 18.0 Å². The number of hydrogen-bond acceptors (Lipinski definition) is 5.